The molecule has 0 unspecified atom stereocenters. The van der Waals surface area contributed by atoms with Crippen molar-refractivity contribution >= 4 is 5.69 Å². The molecule has 0 saturated heterocycles. The van der Waals surface area contributed by atoms with E-state index in [2.05, 4.69) is 0 Å². The lowest BCUT2D eigenvalue weighted by atomic mass is 10.3. The molecule has 0 spiro atoms. The molecule has 1 aromatic rings. The van der Waals surface area contributed by atoms with Crippen molar-refractivity contribution in [3.8, 4) is 11.5 Å². The molecule has 0 aliphatic rings. The summed E-state index contributed by atoms with van der Waals surface area (Å²) in [7, 11) is 1.57. The van der Waals surface area contributed by atoms with Crippen molar-refractivity contribution in [2.24, 2.45) is 0 Å². The highest BCUT2D eigenvalue weighted by atomic mass is 16.7. The van der Waals surface area contributed by atoms with E-state index in [9.17, 15) is 0 Å². The number of benzene rings is 1. The largest absolute Gasteiger partial charge is 0.493 e. The van der Waals surface area contributed by atoms with Crippen LogP contribution >= 0.6 is 0 Å². The number of nitrogen functional groups attached to an aromatic ring is 1. The molecule has 0 radical (unpaired) electrons. The van der Waals surface area contributed by atoms with Crippen LogP contribution in [0.5, 0.6) is 11.5 Å². The lowest BCUT2D eigenvalue weighted by molar-refractivity contribution is 0.0209. The van der Waals surface area contributed by atoms with Crippen LogP contribution in [0.4, 0.5) is 5.69 Å². The first-order valence-corrected chi connectivity index (χ1v) is 4.42. The van der Waals surface area contributed by atoms with E-state index in [1.165, 1.54) is 0 Å². The predicted octanol–water partition coefficient (Wildman–Crippen LogP) is 1.65. The number of hydrogen-bond acceptors (Lipinski definition) is 4. The highest BCUT2D eigenvalue weighted by Crippen LogP contribution is 2.28. The number of anilines is 1. The fraction of sp³-hybridized carbons (Fsp3) is 0.400. The summed E-state index contributed by atoms with van der Waals surface area (Å²) in [6.45, 7) is 2.75. The maximum atomic E-state index is 5.59. The monoisotopic (exact) mass is 197 g/mol. The standard InChI is InChI=1S/C10H15NO3/c1-3-13-7-14-9-5-4-8(11)6-10(9)12-2/h4-6H,3,7,11H2,1-2H3. The molecule has 0 fully saturated rings. The van der Waals surface area contributed by atoms with E-state index >= 15 is 0 Å². The zero-order chi connectivity index (χ0) is 10.4. The third kappa shape index (κ3) is 2.81. The van der Waals surface area contributed by atoms with Crippen LogP contribution < -0.4 is 15.2 Å². The van der Waals surface area contributed by atoms with Gasteiger partial charge >= 0.3 is 0 Å². The van der Waals surface area contributed by atoms with E-state index in [-0.39, 0.29) is 6.79 Å². The van der Waals surface area contributed by atoms with Crippen molar-refractivity contribution in [3.05, 3.63) is 18.2 Å². The van der Waals surface area contributed by atoms with Crippen LogP contribution in [0.2, 0.25) is 0 Å². The molecule has 0 amide bonds. The van der Waals surface area contributed by atoms with Gasteiger partial charge in [-0.05, 0) is 19.1 Å². The fourth-order valence-electron chi connectivity index (χ4n) is 0.992. The minimum absolute atomic E-state index is 0.219. The van der Waals surface area contributed by atoms with Gasteiger partial charge in [0.1, 0.15) is 0 Å². The fourth-order valence-corrected chi connectivity index (χ4v) is 0.992. The summed E-state index contributed by atoms with van der Waals surface area (Å²) in [6.07, 6.45) is 0. The van der Waals surface area contributed by atoms with Gasteiger partial charge in [0.05, 0.1) is 7.11 Å². The molecule has 0 aromatic heterocycles. The smallest absolute Gasteiger partial charge is 0.189 e. The number of hydrogen-bond donors (Lipinski definition) is 1. The zero-order valence-electron chi connectivity index (χ0n) is 8.45. The van der Waals surface area contributed by atoms with Crippen molar-refractivity contribution in [2.75, 3.05) is 26.2 Å². The summed E-state index contributed by atoms with van der Waals surface area (Å²) in [6, 6.07) is 5.22. The summed E-state index contributed by atoms with van der Waals surface area (Å²) in [5.41, 5.74) is 6.24. The average Bonchev–Trinajstić information content (AvgIpc) is 2.20. The van der Waals surface area contributed by atoms with Crippen molar-refractivity contribution in [2.45, 2.75) is 6.92 Å². The SMILES string of the molecule is CCOCOc1ccc(N)cc1OC. The highest BCUT2D eigenvalue weighted by molar-refractivity contribution is 5.51. The van der Waals surface area contributed by atoms with Crippen molar-refractivity contribution in [1.82, 2.24) is 0 Å². The van der Waals surface area contributed by atoms with Crippen LogP contribution in [0.1, 0.15) is 6.92 Å². The average molecular weight is 197 g/mol. The molecule has 0 atom stereocenters. The van der Waals surface area contributed by atoms with Crippen LogP contribution in [0.15, 0.2) is 18.2 Å². The first kappa shape index (κ1) is 10.7. The molecule has 0 saturated carbocycles. The minimum atomic E-state index is 0.219. The van der Waals surface area contributed by atoms with Gasteiger partial charge in [-0.15, -0.1) is 0 Å². The maximum Gasteiger partial charge on any atom is 0.189 e. The zero-order valence-corrected chi connectivity index (χ0v) is 8.45. The summed E-state index contributed by atoms with van der Waals surface area (Å²) in [4.78, 5) is 0. The Kier molecular flexibility index (Phi) is 4.07. The van der Waals surface area contributed by atoms with Crippen LogP contribution in [0.3, 0.4) is 0 Å². The lowest BCUT2D eigenvalue weighted by Crippen LogP contribution is -2.03. The molecule has 0 heterocycles. The van der Waals surface area contributed by atoms with E-state index in [0.717, 1.165) is 0 Å². The Morgan fingerprint density at radius 1 is 1.29 bits per heavy atom. The van der Waals surface area contributed by atoms with E-state index in [4.69, 9.17) is 19.9 Å². The molecule has 1 aromatic carbocycles. The summed E-state index contributed by atoms with van der Waals surface area (Å²) >= 11 is 0. The number of rotatable bonds is 5. The Morgan fingerprint density at radius 3 is 2.71 bits per heavy atom. The second-order valence-corrected chi connectivity index (χ2v) is 2.67. The topological polar surface area (TPSA) is 53.7 Å². The van der Waals surface area contributed by atoms with E-state index < -0.39 is 0 Å². The van der Waals surface area contributed by atoms with Gasteiger partial charge in [0.25, 0.3) is 0 Å². The van der Waals surface area contributed by atoms with E-state index in [1.54, 1.807) is 25.3 Å². The van der Waals surface area contributed by atoms with Gasteiger partial charge in [0.15, 0.2) is 18.3 Å². The van der Waals surface area contributed by atoms with E-state index in [1.807, 2.05) is 6.92 Å². The molecule has 0 aliphatic carbocycles. The van der Waals surface area contributed by atoms with Crippen molar-refractivity contribution in [3.63, 3.8) is 0 Å². The van der Waals surface area contributed by atoms with Crippen molar-refractivity contribution < 1.29 is 14.2 Å². The van der Waals surface area contributed by atoms with Gasteiger partial charge in [-0.25, -0.2) is 0 Å². The second-order valence-electron chi connectivity index (χ2n) is 2.67. The van der Waals surface area contributed by atoms with Gasteiger partial charge in [-0.1, -0.05) is 0 Å². The quantitative estimate of drug-likeness (QED) is 0.443. The first-order chi connectivity index (χ1) is 6.77. The molecule has 4 nitrogen and oxygen atoms in total. The van der Waals surface area contributed by atoms with Crippen LogP contribution in [-0.4, -0.2) is 20.5 Å². The third-order valence-electron chi connectivity index (χ3n) is 1.69. The molecule has 4 heteroatoms. The summed E-state index contributed by atoms with van der Waals surface area (Å²) in [5, 5.41) is 0. The van der Waals surface area contributed by atoms with E-state index in [0.29, 0.717) is 23.8 Å². The van der Waals surface area contributed by atoms with Crippen molar-refractivity contribution in [1.29, 1.82) is 0 Å². The third-order valence-corrected chi connectivity index (χ3v) is 1.69. The molecule has 0 bridgehead atoms. The maximum absolute atomic E-state index is 5.59. The molecule has 0 aliphatic heterocycles. The Labute approximate surface area is 83.6 Å². The molecular weight excluding hydrogens is 182 g/mol. The second kappa shape index (κ2) is 5.34. The van der Waals surface area contributed by atoms with Gasteiger partial charge in [-0.2, -0.15) is 0 Å². The Balaban J connectivity index is 2.65. The van der Waals surface area contributed by atoms with Gasteiger partial charge in [0.2, 0.25) is 0 Å². The van der Waals surface area contributed by atoms with Crippen LogP contribution in [0, 0.1) is 0 Å². The Hall–Kier alpha value is -1.42. The predicted molar refractivity (Wildman–Crippen MR) is 54.5 cm³/mol. The Morgan fingerprint density at radius 2 is 2.07 bits per heavy atom. The van der Waals surface area contributed by atoms with Gasteiger partial charge < -0.3 is 19.9 Å². The van der Waals surface area contributed by atoms with Gasteiger partial charge in [0, 0.05) is 18.4 Å². The summed E-state index contributed by atoms with van der Waals surface area (Å²) in [5.74, 6) is 1.25. The number of methoxy groups -OCH3 is 1. The molecule has 2 N–H and O–H groups in total. The van der Waals surface area contributed by atoms with Crippen LogP contribution in [-0.2, 0) is 4.74 Å². The Bertz CT molecular complexity index is 289. The first-order valence-electron chi connectivity index (χ1n) is 4.42. The normalized spacial score (nSPS) is 9.86. The van der Waals surface area contributed by atoms with Gasteiger partial charge in [-0.3, -0.25) is 0 Å². The molecule has 78 valence electrons. The molecular formula is C10H15NO3. The molecule has 14 heavy (non-hydrogen) atoms. The number of ether oxygens (including phenoxy) is 3. The highest BCUT2D eigenvalue weighted by Gasteiger charge is 2.03. The van der Waals surface area contributed by atoms with Crippen LogP contribution in [0.25, 0.3) is 0 Å². The minimum Gasteiger partial charge on any atom is -0.493 e. The molecule has 1 rings (SSSR count). The summed E-state index contributed by atoms with van der Waals surface area (Å²) < 4.78 is 15.5. The lowest BCUT2D eigenvalue weighted by Gasteiger charge is -2.10. The number of nitrogens with two attached hydrogens (primary N) is 1.